The number of rotatable bonds is 3. The van der Waals surface area contributed by atoms with Crippen molar-refractivity contribution < 1.29 is 14.5 Å². The van der Waals surface area contributed by atoms with Crippen LogP contribution in [0.1, 0.15) is 65.7 Å². The highest BCUT2D eigenvalue weighted by molar-refractivity contribution is 5.77. The first-order valence-corrected chi connectivity index (χ1v) is 12.3. The summed E-state index contributed by atoms with van der Waals surface area (Å²) in [6.07, 6.45) is 7.96. The van der Waals surface area contributed by atoms with E-state index in [1.54, 1.807) is 12.1 Å². The Hall–Kier alpha value is -2.11. The van der Waals surface area contributed by atoms with Crippen LogP contribution in [0.15, 0.2) is 24.3 Å². The van der Waals surface area contributed by atoms with Crippen molar-refractivity contribution in [2.24, 2.45) is 34.5 Å². The van der Waals surface area contributed by atoms with Crippen LogP contribution in [-0.4, -0.2) is 34.9 Å². The smallest absolute Gasteiger partial charge is 0.269 e. The van der Waals surface area contributed by atoms with Gasteiger partial charge in [0.05, 0.1) is 11.0 Å². The molecule has 0 N–H and O–H groups in total. The van der Waals surface area contributed by atoms with Crippen LogP contribution in [0.5, 0.6) is 5.75 Å². The number of likely N-dealkylation sites (tertiary alicyclic amines) is 1. The van der Waals surface area contributed by atoms with Gasteiger partial charge >= 0.3 is 0 Å². The SMILES string of the molecule is C[C@H]1[C@@H](Oc2ccc([N+](=O)[O-])cc2)[C@H]2N(C)C(=O)CC[C@]2(C)[C@H]2CC[C@]3(C)CCC[C@H]3[C@H]12. The number of amides is 1. The van der Waals surface area contributed by atoms with Gasteiger partial charge in [0.15, 0.2) is 0 Å². The molecule has 5 rings (SSSR count). The molecular weight excluding hydrogens is 404 g/mol. The average Bonchev–Trinajstić information content (AvgIpc) is 3.16. The summed E-state index contributed by atoms with van der Waals surface area (Å²) < 4.78 is 6.67. The highest BCUT2D eigenvalue weighted by atomic mass is 16.6. The summed E-state index contributed by atoms with van der Waals surface area (Å²) in [7, 11) is 1.95. The van der Waals surface area contributed by atoms with Crippen molar-refractivity contribution in [3.05, 3.63) is 34.4 Å². The van der Waals surface area contributed by atoms with E-state index in [0.29, 0.717) is 35.3 Å². The van der Waals surface area contributed by atoms with E-state index in [4.69, 9.17) is 4.74 Å². The lowest BCUT2D eigenvalue weighted by Gasteiger charge is -2.65. The van der Waals surface area contributed by atoms with Gasteiger partial charge in [0, 0.05) is 25.6 Å². The van der Waals surface area contributed by atoms with E-state index in [-0.39, 0.29) is 34.1 Å². The van der Waals surface area contributed by atoms with Crippen molar-refractivity contribution >= 4 is 11.6 Å². The number of nitro groups is 1. The molecule has 1 aliphatic heterocycles. The maximum atomic E-state index is 12.8. The molecule has 0 bridgehead atoms. The number of carbonyl (C=O) groups is 1. The van der Waals surface area contributed by atoms with Gasteiger partial charge in [-0.3, -0.25) is 14.9 Å². The molecule has 174 valence electrons. The molecule has 1 aromatic carbocycles. The second-order valence-electron chi connectivity index (χ2n) is 11.5. The molecule has 1 saturated heterocycles. The molecule has 8 atom stereocenters. The van der Waals surface area contributed by atoms with Crippen molar-refractivity contribution in [3.63, 3.8) is 0 Å². The molecule has 0 aromatic heterocycles. The second-order valence-corrected chi connectivity index (χ2v) is 11.5. The van der Waals surface area contributed by atoms with Crippen LogP contribution in [-0.2, 0) is 4.79 Å². The fraction of sp³-hybridized carbons (Fsp3) is 0.731. The van der Waals surface area contributed by atoms with Gasteiger partial charge in [0.25, 0.3) is 5.69 Å². The van der Waals surface area contributed by atoms with Crippen LogP contribution in [0.25, 0.3) is 0 Å². The zero-order valence-electron chi connectivity index (χ0n) is 19.8. The van der Waals surface area contributed by atoms with Gasteiger partial charge in [0.2, 0.25) is 5.91 Å². The fourth-order valence-electron chi connectivity index (χ4n) is 8.47. The standard InChI is InChI=1S/C26H36N2O4/c1-16-22-19-6-5-13-25(19,2)14-11-20(22)26(3)15-12-21(29)27(4)24(26)23(16)32-18-9-7-17(8-10-18)28(30)31/h7-10,16,19-20,22-24H,5-6,11-15H2,1-4H3/t16-,19+,20+,22+,23-,24-,25+,26-/m1/s1. The van der Waals surface area contributed by atoms with Gasteiger partial charge in [-0.1, -0.05) is 27.2 Å². The first-order chi connectivity index (χ1) is 15.2. The van der Waals surface area contributed by atoms with Gasteiger partial charge in [-0.2, -0.15) is 0 Å². The summed E-state index contributed by atoms with van der Waals surface area (Å²) in [6.45, 7) is 7.25. The lowest BCUT2D eigenvalue weighted by Crippen LogP contribution is -2.69. The number of nitrogens with zero attached hydrogens (tertiary/aromatic N) is 2. The lowest BCUT2D eigenvalue weighted by atomic mass is 9.44. The van der Waals surface area contributed by atoms with Gasteiger partial charge in [-0.15, -0.1) is 0 Å². The first kappa shape index (κ1) is 21.7. The minimum atomic E-state index is -0.384. The Balaban J connectivity index is 1.54. The monoisotopic (exact) mass is 440 g/mol. The minimum absolute atomic E-state index is 0.0287. The molecule has 1 aromatic rings. The Morgan fingerprint density at radius 2 is 1.81 bits per heavy atom. The first-order valence-electron chi connectivity index (χ1n) is 12.3. The van der Waals surface area contributed by atoms with Crippen molar-refractivity contribution in [1.29, 1.82) is 0 Å². The summed E-state index contributed by atoms with van der Waals surface area (Å²) >= 11 is 0. The maximum absolute atomic E-state index is 12.8. The molecule has 0 radical (unpaired) electrons. The number of fused-ring (bicyclic) bond motifs is 5. The van der Waals surface area contributed by atoms with E-state index in [2.05, 4.69) is 20.8 Å². The molecule has 3 saturated carbocycles. The third-order valence-electron chi connectivity index (χ3n) is 10.1. The molecule has 4 aliphatic rings. The summed E-state index contributed by atoms with van der Waals surface area (Å²) in [6, 6.07) is 6.46. The highest BCUT2D eigenvalue weighted by Gasteiger charge is 2.64. The van der Waals surface area contributed by atoms with Crippen LogP contribution in [0.2, 0.25) is 0 Å². The number of likely N-dealkylation sites (N-methyl/N-ethyl adjacent to an activating group) is 1. The zero-order valence-corrected chi connectivity index (χ0v) is 19.8. The topological polar surface area (TPSA) is 72.7 Å². The number of hydrogen-bond acceptors (Lipinski definition) is 4. The lowest BCUT2D eigenvalue weighted by molar-refractivity contribution is -0.384. The molecule has 0 spiro atoms. The number of non-ortho nitro benzene ring substituents is 1. The zero-order chi connectivity index (χ0) is 22.8. The minimum Gasteiger partial charge on any atom is -0.488 e. The van der Waals surface area contributed by atoms with Crippen LogP contribution in [0.4, 0.5) is 5.69 Å². The van der Waals surface area contributed by atoms with E-state index in [9.17, 15) is 14.9 Å². The number of benzene rings is 1. The Morgan fingerprint density at radius 3 is 2.50 bits per heavy atom. The number of hydrogen-bond donors (Lipinski definition) is 0. The third kappa shape index (κ3) is 3.08. The average molecular weight is 441 g/mol. The Kier molecular flexibility index (Phi) is 5.06. The molecule has 32 heavy (non-hydrogen) atoms. The van der Waals surface area contributed by atoms with E-state index < -0.39 is 0 Å². The molecule has 4 fully saturated rings. The van der Waals surface area contributed by atoms with E-state index in [1.807, 2.05) is 11.9 Å². The fourth-order valence-corrected chi connectivity index (χ4v) is 8.47. The number of piperidine rings is 1. The van der Waals surface area contributed by atoms with Crippen molar-refractivity contribution in [2.45, 2.75) is 77.9 Å². The van der Waals surface area contributed by atoms with Crippen LogP contribution in [0, 0.1) is 44.6 Å². The number of carbonyl (C=O) groups excluding carboxylic acids is 1. The molecule has 1 heterocycles. The maximum Gasteiger partial charge on any atom is 0.269 e. The summed E-state index contributed by atoms with van der Waals surface area (Å²) in [5.41, 5.74) is 0.542. The molecule has 1 amide bonds. The third-order valence-corrected chi connectivity index (χ3v) is 10.1. The predicted molar refractivity (Wildman–Crippen MR) is 122 cm³/mol. The van der Waals surface area contributed by atoms with E-state index in [0.717, 1.165) is 12.3 Å². The van der Waals surface area contributed by atoms with Gasteiger partial charge in [-0.05, 0) is 78.7 Å². The Labute approximate surface area is 190 Å². The van der Waals surface area contributed by atoms with E-state index >= 15 is 0 Å². The van der Waals surface area contributed by atoms with E-state index in [1.165, 1.54) is 44.2 Å². The number of ether oxygens (including phenoxy) is 1. The van der Waals surface area contributed by atoms with Gasteiger partial charge < -0.3 is 9.64 Å². The molecule has 0 unspecified atom stereocenters. The van der Waals surface area contributed by atoms with Crippen LogP contribution in [0.3, 0.4) is 0 Å². The largest absolute Gasteiger partial charge is 0.488 e. The highest BCUT2D eigenvalue weighted by Crippen LogP contribution is 2.66. The molecule has 3 aliphatic carbocycles. The van der Waals surface area contributed by atoms with Crippen LogP contribution < -0.4 is 4.74 Å². The van der Waals surface area contributed by atoms with Crippen molar-refractivity contribution in [1.82, 2.24) is 4.90 Å². The normalized spacial score (nSPS) is 43.2. The van der Waals surface area contributed by atoms with Crippen LogP contribution >= 0.6 is 0 Å². The molecule has 6 heteroatoms. The second kappa shape index (κ2) is 7.46. The molecule has 6 nitrogen and oxygen atoms in total. The molecular formula is C26H36N2O4. The van der Waals surface area contributed by atoms with Gasteiger partial charge in [-0.25, -0.2) is 0 Å². The van der Waals surface area contributed by atoms with Gasteiger partial charge in [0.1, 0.15) is 11.9 Å². The van der Waals surface area contributed by atoms with Crippen molar-refractivity contribution in [3.8, 4) is 5.75 Å². The Bertz CT molecular complexity index is 917. The predicted octanol–water partition coefficient (Wildman–Crippen LogP) is 5.45. The van der Waals surface area contributed by atoms with Crippen molar-refractivity contribution in [2.75, 3.05) is 7.05 Å². The summed E-state index contributed by atoms with van der Waals surface area (Å²) in [5.74, 6) is 3.12. The summed E-state index contributed by atoms with van der Waals surface area (Å²) in [5, 5.41) is 11.1. The Morgan fingerprint density at radius 1 is 1.09 bits per heavy atom. The summed E-state index contributed by atoms with van der Waals surface area (Å²) in [4.78, 5) is 25.5. The number of nitro benzene ring substituents is 1. The quantitative estimate of drug-likeness (QED) is 0.463.